The molecule has 1 amide bonds. The molecule has 168 valence electrons. The number of benzene rings is 2. The lowest BCUT2D eigenvalue weighted by molar-refractivity contribution is -0.384. The van der Waals surface area contributed by atoms with Gasteiger partial charge in [0.2, 0.25) is 5.91 Å². The summed E-state index contributed by atoms with van der Waals surface area (Å²) >= 11 is 0. The standard InChI is InChI=1S/C23H25FN4O4/c24-19-3-1-2-4-21(19)25-7-9-26(10-8-25)23(29)18-14-16-13-17(28(30)31)5-6-20(16)27-11-12-32-15-22(18)27/h1-6,13,18,22H,7-12,14-15H2. The van der Waals surface area contributed by atoms with E-state index in [1.165, 1.54) is 12.1 Å². The van der Waals surface area contributed by atoms with Gasteiger partial charge in [0.05, 0.1) is 35.8 Å². The van der Waals surface area contributed by atoms with E-state index in [0.29, 0.717) is 58.0 Å². The van der Waals surface area contributed by atoms with Crippen molar-refractivity contribution in [3.8, 4) is 0 Å². The number of carbonyl (C=O) groups excluding carboxylic acids is 1. The molecule has 2 aromatic carbocycles. The van der Waals surface area contributed by atoms with E-state index in [1.54, 1.807) is 24.3 Å². The van der Waals surface area contributed by atoms with Gasteiger partial charge in [-0.3, -0.25) is 14.9 Å². The highest BCUT2D eigenvalue weighted by molar-refractivity contribution is 5.82. The van der Waals surface area contributed by atoms with Crippen molar-refractivity contribution < 1.29 is 18.8 Å². The third-order valence-corrected chi connectivity index (χ3v) is 6.75. The monoisotopic (exact) mass is 440 g/mol. The van der Waals surface area contributed by atoms with Crippen LogP contribution < -0.4 is 9.80 Å². The number of fused-ring (bicyclic) bond motifs is 3. The van der Waals surface area contributed by atoms with Crippen LogP contribution in [-0.4, -0.2) is 67.7 Å². The first-order valence-electron chi connectivity index (χ1n) is 10.9. The molecule has 0 aromatic heterocycles. The maximum atomic E-state index is 14.1. The van der Waals surface area contributed by atoms with Crippen LogP contribution in [-0.2, 0) is 16.0 Å². The molecule has 2 saturated heterocycles. The van der Waals surface area contributed by atoms with Gasteiger partial charge in [-0.2, -0.15) is 0 Å². The van der Waals surface area contributed by atoms with Crippen LogP contribution in [0.1, 0.15) is 5.56 Å². The summed E-state index contributed by atoms with van der Waals surface area (Å²) in [6.07, 6.45) is 0.452. The van der Waals surface area contributed by atoms with Crippen molar-refractivity contribution in [2.75, 3.05) is 55.7 Å². The second-order valence-corrected chi connectivity index (χ2v) is 8.48. The van der Waals surface area contributed by atoms with Crippen LogP contribution in [0, 0.1) is 21.8 Å². The predicted molar refractivity (Wildman–Crippen MR) is 117 cm³/mol. The van der Waals surface area contributed by atoms with Gasteiger partial charge in [0, 0.05) is 50.5 Å². The average Bonchev–Trinajstić information content (AvgIpc) is 2.83. The van der Waals surface area contributed by atoms with Crippen molar-refractivity contribution >= 4 is 23.0 Å². The van der Waals surface area contributed by atoms with Gasteiger partial charge >= 0.3 is 0 Å². The lowest BCUT2D eigenvalue weighted by Gasteiger charge is -2.47. The fraction of sp³-hybridized carbons (Fsp3) is 0.435. The molecule has 0 saturated carbocycles. The Labute approximate surface area is 185 Å². The molecule has 0 spiro atoms. The Kier molecular flexibility index (Phi) is 5.42. The lowest BCUT2D eigenvalue weighted by Crippen LogP contribution is -2.59. The first-order valence-corrected chi connectivity index (χ1v) is 10.9. The lowest BCUT2D eigenvalue weighted by atomic mass is 9.83. The topological polar surface area (TPSA) is 79.2 Å². The number of ether oxygens (including phenoxy) is 1. The molecular formula is C23H25FN4O4. The highest BCUT2D eigenvalue weighted by Crippen LogP contribution is 2.38. The number of anilines is 2. The minimum absolute atomic E-state index is 0.0378. The number of nitro benzene ring substituents is 1. The third-order valence-electron chi connectivity index (χ3n) is 6.75. The maximum absolute atomic E-state index is 14.1. The molecule has 8 nitrogen and oxygen atoms in total. The number of carbonyl (C=O) groups is 1. The van der Waals surface area contributed by atoms with Gasteiger partial charge in [-0.05, 0) is 30.2 Å². The highest BCUT2D eigenvalue weighted by atomic mass is 19.1. The fourth-order valence-corrected chi connectivity index (χ4v) is 5.12. The first-order chi connectivity index (χ1) is 15.5. The molecular weight excluding hydrogens is 415 g/mol. The van der Waals surface area contributed by atoms with Gasteiger partial charge in [-0.25, -0.2) is 4.39 Å². The van der Waals surface area contributed by atoms with Crippen LogP contribution in [0.5, 0.6) is 0 Å². The summed E-state index contributed by atoms with van der Waals surface area (Å²) in [6, 6.07) is 11.5. The van der Waals surface area contributed by atoms with Crippen molar-refractivity contribution in [1.82, 2.24) is 4.90 Å². The number of piperazine rings is 1. The predicted octanol–water partition coefficient (Wildman–Crippen LogP) is 2.46. The molecule has 0 bridgehead atoms. The Morgan fingerprint density at radius 2 is 1.84 bits per heavy atom. The van der Waals surface area contributed by atoms with E-state index in [0.717, 1.165) is 11.3 Å². The molecule has 0 radical (unpaired) electrons. The van der Waals surface area contributed by atoms with Crippen molar-refractivity contribution in [3.63, 3.8) is 0 Å². The smallest absolute Gasteiger partial charge is 0.269 e. The molecule has 3 heterocycles. The largest absolute Gasteiger partial charge is 0.377 e. The number of nitrogens with zero attached hydrogens (tertiary/aromatic N) is 4. The number of rotatable bonds is 3. The van der Waals surface area contributed by atoms with Crippen LogP contribution in [0.25, 0.3) is 0 Å². The van der Waals surface area contributed by atoms with Crippen molar-refractivity contribution in [2.45, 2.75) is 12.5 Å². The van der Waals surface area contributed by atoms with E-state index in [4.69, 9.17) is 4.74 Å². The molecule has 2 atom stereocenters. The van der Waals surface area contributed by atoms with Gasteiger partial charge in [0.15, 0.2) is 0 Å². The van der Waals surface area contributed by atoms with Gasteiger partial charge in [0.1, 0.15) is 5.82 Å². The van der Waals surface area contributed by atoms with E-state index < -0.39 is 4.92 Å². The van der Waals surface area contributed by atoms with Crippen LogP contribution in [0.15, 0.2) is 42.5 Å². The second-order valence-electron chi connectivity index (χ2n) is 8.48. The zero-order valence-corrected chi connectivity index (χ0v) is 17.7. The average molecular weight is 440 g/mol. The normalized spacial score (nSPS) is 22.8. The quantitative estimate of drug-likeness (QED) is 0.539. The van der Waals surface area contributed by atoms with Gasteiger partial charge in [-0.15, -0.1) is 0 Å². The minimum atomic E-state index is -0.398. The number of amides is 1. The zero-order valence-electron chi connectivity index (χ0n) is 17.7. The summed E-state index contributed by atoms with van der Waals surface area (Å²) in [5.74, 6) is -0.548. The number of para-hydroxylation sites is 1. The van der Waals surface area contributed by atoms with Crippen molar-refractivity contribution in [3.05, 3.63) is 64.0 Å². The van der Waals surface area contributed by atoms with Crippen LogP contribution in [0.2, 0.25) is 0 Å². The number of hydrogen-bond donors (Lipinski definition) is 0. The number of hydrogen-bond acceptors (Lipinski definition) is 6. The van der Waals surface area contributed by atoms with Crippen LogP contribution in [0.3, 0.4) is 0 Å². The Morgan fingerprint density at radius 3 is 2.59 bits per heavy atom. The third kappa shape index (κ3) is 3.66. The Morgan fingerprint density at radius 1 is 1.06 bits per heavy atom. The SMILES string of the molecule is O=C(C1Cc2cc([N+](=O)[O-])ccc2N2CCOCC12)N1CCN(c2ccccc2F)CC1. The van der Waals surface area contributed by atoms with Gasteiger partial charge < -0.3 is 19.4 Å². The van der Waals surface area contributed by atoms with Gasteiger partial charge in [-0.1, -0.05) is 12.1 Å². The molecule has 32 heavy (non-hydrogen) atoms. The highest BCUT2D eigenvalue weighted by Gasteiger charge is 2.42. The Hall–Kier alpha value is -3.20. The summed E-state index contributed by atoms with van der Waals surface area (Å²) in [7, 11) is 0. The minimum Gasteiger partial charge on any atom is -0.377 e. The second kappa shape index (κ2) is 8.38. The number of morpholine rings is 1. The molecule has 2 aromatic rings. The molecule has 5 rings (SSSR count). The summed E-state index contributed by atoms with van der Waals surface area (Å²) in [5.41, 5.74) is 2.39. The molecule has 9 heteroatoms. The fourth-order valence-electron chi connectivity index (χ4n) is 5.12. The first kappa shape index (κ1) is 20.7. The summed E-state index contributed by atoms with van der Waals surface area (Å²) < 4.78 is 19.8. The van der Waals surface area contributed by atoms with E-state index >= 15 is 0 Å². The summed E-state index contributed by atoms with van der Waals surface area (Å²) in [6.45, 7) is 3.83. The molecule has 0 N–H and O–H groups in total. The number of halogens is 1. The number of non-ortho nitro benzene ring substituents is 1. The maximum Gasteiger partial charge on any atom is 0.269 e. The molecule has 3 aliphatic heterocycles. The molecule has 2 fully saturated rings. The van der Waals surface area contributed by atoms with Crippen molar-refractivity contribution in [1.29, 1.82) is 0 Å². The summed E-state index contributed by atoms with van der Waals surface area (Å²) in [5, 5.41) is 11.3. The van der Waals surface area contributed by atoms with Crippen LogP contribution >= 0.6 is 0 Å². The van der Waals surface area contributed by atoms with E-state index in [1.807, 2.05) is 15.9 Å². The molecule has 2 unspecified atom stereocenters. The molecule has 3 aliphatic rings. The van der Waals surface area contributed by atoms with E-state index in [2.05, 4.69) is 4.90 Å². The zero-order chi connectivity index (χ0) is 22.2. The number of nitro groups is 1. The van der Waals surface area contributed by atoms with E-state index in [9.17, 15) is 19.3 Å². The Balaban J connectivity index is 1.35. The Bertz CT molecular complexity index is 1040. The van der Waals surface area contributed by atoms with Gasteiger partial charge in [0.25, 0.3) is 5.69 Å². The van der Waals surface area contributed by atoms with E-state index in [-0.39, 0.29) is 29.4 Å². The molecule has 0 aliphatic carbocycles. The van der Waals surface area contributed by atoms with Crippen molar-refractivity contribution in [2.24, 2.45) is 5.92 Å². The summed E-state index contributed by atoms with van der Waals surface area (Å²) in [4.78, 5) is 30.4. The van der Waals surface area contributed by atoms with Crippen LogP contribution in [0.4, 0.5) is 21.5 Å².